The molecule has 0 spiro atoms. The van der Waals surface area contributed by atoms with Gasteiger partial charge in [-0.05, 0) is 51.6 Å². The molecule has 7 rings (SSSR count). The molecule has 0 fully saturated rings. The maximum absolute atomic E-state index is 3.75. The molecule has 1 heterocycles. The first kappa shape index (κ1) is 17.6. The van der Waals surface area contributed by atoms with Crippen molar-refractivity contribution in [2.75, 3.05) is 0 Å². The first-order valence-electron chi connectivity index (χ1n) is 11.1. The zero-order valence-electron chi connectivity index (χ0n) is 17.5. The van der Waals surface area contributed by atoms with Crippen molar-refractivity contribution < 1.29 is 0 Å². The first-order chi connectivity index (χ1) is 15.9. The summed E-state index contributed by atoms with van der Waals surface area (Å²) in [4.78, 5) is 3.75. The number of aromatic nitrogens is 1. The lowest BCUT2D eigenvalue weighted by molar-refractivity contribution is 0.755. The molecular formula is C31H21N. The van der Waals surface area contributed by atoms with Gasteiger partial charge in [-0.2, -0.15) is 0 Å². The number of H-pyrrole nitrogens is 1. The third-order valence-electron chi connectivity index (χ3n) is 7.06. The van der Waals surface area contributed by atoms with Crippen molar-refractivity contribution in [3.63, 3.8) is 0 Å². The number of allylic oxidation sites excluding steroid dienone is 2. The maximum atomic E-state index is 3.75. The number of nitrogens with one attached hydrogen (secondary N) is 1. The second kappa shape index (κ2) is 6.45. The summed E-state index contributed by atoms with van der Waals surface area (Å²) in [6.07, 6.45) is 4.77. The topological polar surface area (TPSA) is 15.8 Å². The average molecular weight is 408 g/mol. The molecule has 32 heavy (non-hydrogen) atoms. The highest BCUT2D eigenvalue weighted by molar-refractivity contribution is 6.10. The van der Waals surface area contributed by atoms with Gasteiger partial charge >= 0.3 is 0 Å². The maximum Gasteiger partial charge on any atom is 0.0734 e. The normalized spacial score (nSPS) is 15.5. The molecule has 5 aromatic rings. The van der Waals surface area contributed by atoms with Crippen LogP contribution in [-0.4, -0.2) is 4.98 Å². The number of benzene rings is 4. The molecule has 1 nitrogen and oxygen atoms in total. The Morgan fingerprint density at radius 3 is 1.94 bits per heavy atom. The molecule has 150 valence electrons. The highest BCUT2D eigenvalue weighted by atomic mass is 14.7. The van der Waals surface area contributed by atoms with Crippen LogP contribution in [0.3, 0.4) is 0 Å². The van der Waals surface area contributed by atoms with Gasteiger partial charge in [0.05, 0.1) is 5.41 Å². The zero-order valence-corrected chi connectivity index (χ0v) is 17.5. The molecule has 2 aliphatic rings. The standard InChI is InChI=1S/C31H21N/c1-3-12-22(13-4-1)31(23-14-5-2-6-15-23)27-19-21-11-7-8-16-24(21)26(27)20-29-30(31)25-17-9-10-18-28(25)32-29/h1-20,32H. The van der Waals surface area contributed by atoms with E-state index in [-0.39, 0.29) is 0 Å². The third kappa shape index (κ3) is 2.18. The van der Waals surface area contributed by atoms with Crippen LogP contribution in [0.1, 0.15) is 33.5 Å². The van der Waals surface area contributed by atoms with Crippen LogP contribution >= 0.6 is 0 Å². The van der Waals surface area contributed by atoms with Crippen molar-refractivity contribution in [1.29, 1.82) is 0 Å². The van der Waals surface area contributed by atoms with Gasteiger partial charge in [-0.1, -0.05) is 103 Å². The van der Waals surface area contributed by atoms with Gasteiger partial charge in [0, 0.05) is 22.2 Å². The molecule has 0 unspecified atom stereocenters. The van der Waals surface area contributed by atoms with E-state index in [1.807, 2.05) is 0 Å². The number of rotatable bonds is 2. The van der Waals surface area contributed by atoms with Gasteiger partial charge in [0.2, 0.25) is 0 Å². The van der Waals surface area contributed by atoms with Gasteiger partial charge in [-0.3, -0.25) is 0 Å². The number of fused-ring (bicyclic) bond motifs is 6. The predicted molar refractivity (Wildman–Crippen MR) is 133 cm³/mol. The zero-order chi connectivity index (χ0) is 21.1. The minimum atomic E-state index is -0.402. The van der Waals surface area contributed by atoms with Crippen molar-refractivity contribution in [1.82, 2.24) is 4.98 Å². The van der Waals surface area contributed by atoms with Gasteiger partial charge in [-0.25, -0.2) is 0 Å². The molecular weight excluding hydrogens is 386 g/mol. The van der Waals surface area contributed by atoms with Crippen LogP contribution in [-0.2, 0) is 5.41 Å². The molecule has 0 saturated carbocycles. The van der Waals surface area contributed by atoms with Gasteiger partial charge in [0.1, 0.15) is 0 Å². The summed E-state index contributed by atoms with van der Waals surface area (Å²) >= 11 is 0. The van der Waals surface area contributed by atoms with Gasteiger partial charge < -0.3 is 4.98 Å². The Balaban J connectivity index is 1.71. The van der Waals surface area contributed by atoms with E-state index in [4.69, 9.17) is 0 Å². The lowest BCUT2D eigenvalue weighted by Crippen LogP contribution is -2.34. The second-order valence-electron chi connectivity index (χ2n) is 8.64. The summed E-state index contributed by atoms with van der Waals surface area (Å²) in [7, 11) is 0. The van der Waals surface area contributed by atoms with E-state index in [1.54, 1.807) is 0 Å². The summed E-state index contributed by atoms with van der Waals surface area (Å²) in [6.45, 7) is 0. The predicted octanol–water partition coefficient (Wildman–Crippen LogP) is 7.45. The molecule has 0 atom stereocenters. The summed E-state index contributed by atoms with van der Waals surface area (Å²) < 4.78 is 0. The fourth-order valence-electron chi connectivity index (χ4n) is 5.81. The van der Waals surface area contributed by atoms with Crippen LogP contribution in [0, 0.1) is 0 Å². The quantitative estimate of drug-likeness (QED) is 0.313. The van der Waals surface area contributed by atoms with Crippen molar-refractivity contribution in [2.24, 2.45) is 0 Å². The van der Waals surface area contributed by atoms with Crippen LogP contribution in [0.15, 0.2) is 115 Å². The summed E-state index contributed by atoms with van der Waals surface area (Å²) in [6, 6.07) is 39.5. The first-order valence-corrected chi connectivity index (χ1v) is 11.1. The van der Waals surface area contributed by atoms with Gasteiger partial charge in [0.25, 0.3) is 0 Å². The largest absolute Gasteiger partial charge is 0.355 e. The van der Waals surface area contributed by atoms with Crippen LogP contribution in [0.2, 0.25) is 0 Å². The van der Waals surface area contributed by atoms with Crippen molar-refractivity contribution in [3.05, 3.63) is 148 Å². The highest BCUT2D eigenvalue weighted by Crippen LogP contribution is 2.58. The Morgan fingerprint density at radius 1 is 0.562 bits per heavy atom. The number of hydrogen-bond acceptors (Lipinski definition) is 0. The molecule has 2 aliphatic carbocycles. The minimum Gasteiger partial charge on any atom is -0.355 e. The van der Waals surface area contributed by atoms with Gasteiger partial charge in [-0.15, -0.1) is 0 Å². The Labute approximate surface area is 187 Å². The molecule has 1 aromatic heterocycles. The lowest BCUT2D eigenvalue weighted by Gasteiger charge is -2.40. The van der Waals surface area contributed by atoms with Crippen molar-refractivity contribution in [3.8, 4) is 0 Å². The van der Waals surface area contributed by atoms with E-state index < -0.39 is 5.41 Å². The second-order valence-corrected chi connectivity index (χ2v) is 8.64. The summed E-state index contributed by atoms with van der Waals surface area (Å²) in [5, 5.41) is 1.28. The van der Waals surface area contributed by atoms with Crippen LogP contribution < -0.4 is 0 Å². The Bertz CT molecular complexity index is 1510. The fourth-order valence-corrected chi connectivity index (χ4v) is 5.81. The minimum absolute atomic E-state index is 0.402. The molecule has 0 aliphatic heterocycles. The lowest BCUT2D eigenvalue weighted by atomic mass is 9.60. The van der Waals surface area contributed by atoms with E-state index in [0.29, 0.717) is 0 Å². The molecule has 1 N–H and O–H groups in total. The van der Waals surface area contributed by atoms with E-state index in [9.17, 15) is 0 Å². The molecule has 0 bridgehead atoms. The number of aromatic amines is 1. The fraction of sp³-hybridized carbons (Fsp3) is 0.0323. The van der Waals surface area contributed by atoms with E-state index in [2.05, 4.69) is 126 Å². The molecule has 1 heteroatoms. The van der Waals surface area contributed by atoms with E-state index >= 15 is 0 Å². The number of hydrogen-bond donors (Lipinski definition) is 1. The average Bonchev–Trinajstić information content (AvgIpc) is 3.42. The van der Waals surface area contributed by atoms with Crippen LogP contribution in [0.25, 0.3) is 28.6 Å². The van der Waals surface area contributed by atoms with Crippen LogP contribution in [0.5, 0.6) is 0 Å². The third-order valence-corrected chi connectivity index (χ3v) is 7.06. The monoisotopic (exact) mass is 407 g/mol. The molecule has 0 amide bonds. The van der Waals surface area contributed by atoms with E-state index in [1.165, 1.54) is 55.6 Å². The molecule has 4 aromatic carbocycles. The number of para-hydroxylation sites is 1. The van der Waals surface area contributed by atoms with Crippen LogP contribution in [0.4, 0.5) is 0 Å². The van der Waals surface area contributed by atoms with E-state index in [0.717, 1.165) is 0 Å². The molecule has 0 saturated heterocycles. The smallest absolute Gasteiger partial charge is 0.0734 e. The molecule has 0 radical (unpaired) electrons. The highest BCUT2D eigenvalue weighted by Gasteiger charge is 2.48. The SMILES string of the molecule is C1=C2C(=Cc3ccccc32)C(c2ccccc2)(c2ccccc2)c2c1[nH]c1ccccc21. The Kier molecular flexibility index (Phi) is 3.54. The van der Waals surface area contributed by atoms with Gasteiger partial charge in [0.15, 0.2) is 0 Å². The Morgan fingerprint density at radius 2 is 1.19 bits per heavy atom. The van der Waals surface area contributed by atoms with Crippen molar-refractivity contribution >= 4 is 28.6 Å². The Hall–Kier alpha value is -4.10. The summed E-state index contributed by atoms with van der Waals surface area (Å²) in [5.74, 6) is 0. The van der Waals surface area contributed by atoms with Crippen molar-refractivity contribution in [2.45, 2.75) is 5.41 Å². The summed E-state index contributed by atoms with van der Waals surface area (Å²) in [5.41, 5.74) is 11.2.